The zero-order chi connectivity index (χ0) is 20.8. The van der Waals surface area contributed by atoms with Gasteiger partial charge in [0.15, 0.2) is 28.2 Å². The molecule has 0 spiro atoms. The van der Waals surface area contributed by atoms with Crippen molar-refractivity contribution < 1.29 is 35.1 Å². The average molecular weight is 421 g/mol. The minimum atomic E-state index is -5.11. The standard InChI is InChI=1S/C18H16F5NO3S/c1-9(10-3-4-10)24(11-5-7-12(27-2)8-6-11)28(25,26)18-16(22)14(20)13(19)15(21)17(18)23/h5-10H,3-4H2,1-2H3. The number of methoxy groups -OCH3 is 1. The van der Waals surface area contributed by atoms with Crippen LogP contribution in [0.5, 0.6) is 5.75 Å². The number of halogens is 5. The molecule has 28 heavy (non-hydrogen) atoms. The summed E-state index contributed by atoms with van der Waals surface area (Å²) < 4.78 is 101. The first-order valence-electron chi connectivity index (χ1n) is 8.31. The Morgan fingerprint density at radius 3 is 1.82 bits per heavy atom. The predicted octanol–water partition coefficient (Wildman–Crippen LogP) is 4.38. The van der Waals surface area contributed by atoms with Crippen LogP contribution < -0.4 is 9.04 Å². The lowest BCUT2D eigenvalue weighted by Gasteiger charge is -2.31. The van der Waals surface area contributed by atoms with Crippen molar-refractivity contribution in [2.75, 3.05) is 11.4 Å². The SMILES string of the molecule is COc1ccc(N(C(C)C2CC2)S(=O)(=O)c2c(F)c(F)c(F)c(F)c2F)cc1. The number of anilines is 1. The van der Waals surface area contributed by atoms with Crippen molar-refractivity contribution >= 4 is 15.7 Å². The first-order chi connectivity index (χ1) is 13.1. The third kappa shape index (κ3) is 3.30. The molecule has 0 aromatic heterocycles. The molecule has 3 rings (SSSR count). The molecule has 152 valence electrons. The average Bonchev–Trinajstić information content (AvgIpc) is 3.50. The van der Waals surface area contributed by atoms with Crippen molar-refractivity contribution in [1.29, 1.82) is 0 Å². The summed E-state index contributed by atoms with van der Waals surface area (Å²) in [4.78, 5) is -1.87. The van der Waals surface area contributed by atoms with Gasteiger partial charge >= 0.3 is 0 Å². The van der Waals surface area contributed by atoms with Crippen LogP contribution in [0.15, 0.2) is 29.2 Å². The summed E-state index contributed by atoms with van der Waals surface area (Å²) in [6.07, 6.45) is 1.36. The van der Waals surface area contributed by atoms with Gasteiger partial charge in [0.05, 0.1) is 12.8 Å². The Bertz CT molecular complexity index is 978. The lowest BCUT2D eigenvalue weighted by Crippen LogP contribution is -2.41. The number of sulfonamides is 1. The third-order valence-electron chi connectivity index (χ3n) is 4.69. The second-order valence-corrected chi connectivity index (χ2v) is 8.23. The normalized spacial score (nSPS) is 15.4. The van der Waals surface area contributed by atoms with Gasteiger partial charge in [-0.2, -0.15) is 0 Å². The van der Waals surface area contributed by atoms with Crippen molar-refractivity contribution in [3.05, 3.63) is 53.4 Å². The van der Waals surface area contributed by atoms with Crippen LogP contribution in [0.2, 0.25) is 0 Å². The van der Waals surface area contributed by atoms with E-state index in [9.17, 15) is 30.4 Å². The van der Waals surface area contributed by atoms with Gasteiger partial charge in [-0.1, -0.05) is 0 Å². The van der Waals surface area contributed by atoms with E-state index in [-0.39, 0.29) is 11.6 Å². The summed E-state index contributed by atoms with van der Waals surface area (Å²) in [5.74, 6) is -11.5. The molecule has 1 fully saturated rings. The van der Waals surface area contributed by atoms with Crippen LogP contribution >= 0.6 is 0 Å². The van der Waals surface area contributed by atoms with Gasteiger partial charge in [0.1, 0.15) is 5.75 Å². The van der Waals surface area contributed by atoms with Crippen molar-refractivity contribution in [1.82, 2.24) is 0 Å². The molecule has 2 aromatic rings. The molecular weight excluding hydrogens is 405 g/mol. The van der Waals surface area contributed by atoms with Crippen LogP contribution in [0, 0.1) is 35.0 Å². The van der Waals surface area contributed by atoms with E-state index in [1.54, 1.807) is 0 Å². The highest BCUT2D eigenvalue weighted by molar-refractivity contribution is 7.92. The highest BCUT2D eigenvalue weighted by Gasteiger charge is 2.43. The van der Waals surface area contributed by atoms with Crippen LogP contribution in [-0.2, 0) is 10.0 Å². The fraction of sp³-hybridized carbons (Fsp3) is 0.333. The third-order valence-corrected chi connectivity index (χ3v) is 6.62. The van der Waals surface area contributed by atoms with Crippen LogP contribution in [0.3, 0.4) is 0 Å². The topological polar surface area (TPSA) is 46.6 Å². The molecule has 0 bridgehead atoms. The van der Waals surface area contributed by atoms with Gasteiger partial charge < -0.3 is 4.74 Å². The van der Waals surface area contributed by atoms with Gasteiger partial charge in [0, 0.05) is 6.04 Å². The summed E-state index contributed by atoms with van der Waals surface area (Å²) in [5, 5.41) is 0. The quantitative estimate of drug-likeness (QED) is 0.395. The monoisotopic (exact) mass is 421 g/mol. The molecular formula is C18H16F5NO3S. The smallest absolute Gasteiger partial charge is 0.270 e. The van der Waals surface area contributed by atoms with E-state index in [1.165, 1.54) is 38.3 Å². The van der Waals surface area contributed by atoms with E-state index in [0.717, 1.165) is 0 Å². The lowest BCUT2D eigenvalue weighted by molar-refractivity contribution is 0.357. The van der Waals surface area contributed by atoms with Gasteiger partial charge in [0.2, 0.25) is 5.82 Å². The molecule has 0 heterocycles. The Morgan fingerprint density at radius 1 is 0.929 bits per heavy atom. The molecule has 0 saturated heterocycles. The van der Waals surface area contributed by atoms with Gasteiger partial charge in [-0.25, -0.2) is 30.4 Å². The number of rotatable bonds is 6. The van der Waals surface area contributed by atoms with Crippen LogP contribution in [0.1, 0.15) is 19.8 Å². The molecule has 2 aromatic carbocycles. The molecule has 4 nitrogen and oxygen atoms in total. The summed E-state index contributed by atoms with van der Waals surface area (Å²) in [5.41, 5.74) is 0.0177. The predicted molar refractivity (Wildman–Crippen MR) is 91.1 cm³/mol. The highest BCUT2D eigenvalue weighted by atomic mass is 32.2. The Balaban J connectivity index is 2.22. The molecule has 0 radical (unpaired) electrons. The molecule has 0 N–H and O–H groups in total. The van der Waals surface area contributed by atoms with Crippen LogP contribution in [0.25, 0.3) is 0 Å². The molecule has 0 aliphatic heterocycles. The molecule has 1 aliphatic rings. The van der Waals surface area contributed by atoms with Crippen molar-refractivity contribution in [3.8, 4) is 5.75 Å². The number of hydrogen-bond donors (Lipinski definition) is 0. The summed E-state index contributed by atoms with van der Waals surface area (Å²) >= 11 is 0. The van der Waals surface area contributed by atoms with Crippen LogP contribution in [-0.4, -0.2) is 21.6 Å². The van der Waals surface area contributed by atoms with Gasteiger partial charge in [0.25, 0.3) is 10.0 Å². The van der Waals surface area contributed by atoms with E-state index in [1.807, 2.05) is 0 Å². The number of hydrogen-bond acceptors (Lipinski definition) is 3. The number of benzene rings is 2. The zero-order valence-corrected chi connectivity index (χ0v) is 15.7. The molecule has 1 atom stereocenters. The fourth-order valence-electron chi connectivity index (χ4n) is 3.00. The van der Waals surface area contributed by atoms with E-state index >= 15 is 0 Å². The Hall–Kier alpha value is -2.36. The van der Waals surface area contributed by atoms with Gasteiger partial charge in [-0.15, -0.1) is 0 Å². The Morgan fingerprint density at radius 2 is 1.39 bits per heavy atom. The minimum absolute atomic E-state index is 0.0177. The fourth-order valence-corrected chi connectivity index (χ4v) is 4.84. The minimum Gasteiger partial charge on any atom is -0.497 e. The first-order valence-corrected chi connectivity index (χ1v) is 9.75. The summed E-state index contributed by atoms with van der Waals surface area (Å²) in [6.45, 7) is 1.52. The Kier molecular flexibility index (Phi) is 5.26. The molecule has 0 amide bonds. The van der Waals surface area contributed by atoms with Gasteiger partial charge in [-0.05, 0) is 49.9 Å². The van der Waals surface area contributed by atoms with Crippen molar-refractivity contribution in [2.24, 2.45) is 5.92 Å². The van der Waals surface area contributed by atoms with E-state index < -0.39 is 50.0 Å². The summed E-state index contributed by atoms with van der Waals surface area (Å²) in [7, 11) is -3.71. The second kappa shape index (κ2) is 7.23. The highest BCUT2D eigenvalue weighted by Crippen LogP contribution is 2.41. The second-order valence-electron chi connectivity index (χ2n) is 6.48. The maximum absolute atomic E-state index is 14.2. The van der Waals surface area contributed by atoms with E-state index in [2.05, 4.69) is 0 Å². The first kappa shape index (κ1) is 20.4. The molecule has 1 saturated carbocycles. The lowest BCUT2D eigenvalue weighted by atomic mass is 10.2. The molecule has 1 aliphatic carbocycles. The van der Waals surface area contributed by atoms with Crippen molar-refractivity contribution in [3.63, 3.8) is 0 Å². The maximum Gasteiger partial charge on any atom is 0.270 e. The number of nitrogens with zero attached hydrogens (tertiary/aromatic N) is 1. The Labute approximate surface area is 158 Å². The number of ether oxygens (including phenoxy) is 1. The maximum atomic E-state index is 14.2. The zero-order valence-electron chi connectivity index (χ0n) is 14.8. The summed E-state index contributed by atoms with van der Waals surface area (Å²) in [6, 6.07) is 4.77. The van der Waals surface area contributed by atoms with E-state index in [4.69, 9.17) is 4.74 Å². The van der Waals surface area contributed by atoms with Crippen LogP contribution in [0.4, 0.5) is 27.6 Å². The van der Waals surface area contributed by atoms with E-state index in [0.29, 0.717) is 22.9 Å². The largest absolute Gasteiger partial charge is 0.497 e. The van der Waals surface area contributed by atoms with Gasteiger partial charge in [-0.3, -0.25) is 4.31 Å². The molecule has 10 heteroatoms. The molecule has 1 unspecified atom stereocenters. The van der Waals surface area contributed by atoms with Crippen molar-refractivity contribution in [2.45, 2.75) is 30.7 Å².